The molecular formula is C11H22N2O3. The molecule has 0 aromatic rings. The molecule has 1 amide bonds. The fraction of sp³-hybridized carbons (Fsp3) is 0.909. The summed E-state index contributed by atoms with van der Waals surface area (Å²) in [7, 11) is 0. The highest BCUT2D eigenvalue weighted by Crippen LogP contribution is 2.13. The van der Waals surface area contributed by atoms with Crippen LogP contribution in [0.25, 0.3) is 0 Å². The van der Waals surface area contributed by atoms with Crippen LogP contribution in [0.2, 0.25) is 0 Å². The van der Waals surface area contributed by atoms with Crippen LogP contribution in [0.1, 0.15) is 20.8 Å². The van der Waals surface area contributed by atoms with Crippen molar-refractivity contribution in [2.75, 3.05) is 39.4 Å². The molecule has 94 valence electrons. The van der Waals surface area contributed by atoms with Crippen molar-refractivity contribution in [2.24, 2.45) is 0 Å². The number of carbonyl (C=O) groups is 1. The van der Waals surface area contributed by atoms with Crippen LogP contribution in [0, 0.1) is 0 Å². The van der Waals surface area contributed by atoms with E-state index < -0.39 is 6.09 Å². The smallest absolute Gasteiger partial charge is 0.407 e. The summed E-state index contributed by atoms with van der Waals surface area (Å²) >= 11 is 0. The zero-order valence-electron chi connectivity index (χ0n) is 10.4. The van der Waals surface area contributed by atoms with E-state index in [1.54, 1.807) is 0 Å². The molecule has 1 aliphatic rings. The Labute approximate surface area is 97.0 Å². The number of amides is 1. The third kappa shape index (κ3) is 3.98. The van der Waals surface area contributed by atoms with E-state index in [2.05, 4.69) is 4.90 Å². The monoisotopic (exact) mass is 230 g/mol. The molecule has 0 aromatic heterocycles. The summed E-state index contributed by atoms with van der Waals surface area (Å²) in [5.74, 6) is 0. The summed E-state index contributed by atoms with van der Waals surface area (Å²) in [6.45, 7) is 10.4. The van der Waals surface area contributed by atoms with Gasteiger partial charge in [0, 0.05) is 31.7 Å². The van der Waals surface area contributed by atoms with Gasteiger partial charge in [0.05, 0.1) is 13.2 Å². The summed E-state index contributed by atoms with van der Waals surface area (Å²) in [6.07, 6.45) is -0.847. The molecule has 0 bridgehead atoms. The standard InChI is InChI=1S/C11H22N2O3/c1-11(2,3)13(10(14)15)5-4-12-6-8-16-9-7-12/h4-9H2,1-3H3,(H,14,15). The number of hydrogen-bond acceptors (Lipinski definition) is 3. The second-order valence-corrected chi connectivity index (χ2v) is 5.06. The van der Waals surface area contributed by atoms with Crippen molar-refractivity contribution in [2.45, 2.75) is 26.3 Å². The molecule has 0 aromatic carbocycles. The maximum absolute atomic E-state index is 11.1. The molecule has 1 rings (SSSR count). The molecule has 1 N–H and O–H groups in total. The number of hydrogen-bond donors (Lipinski definition) is 1. The highest BCUT2D eigenvalue weighted by molar-refractivity contribution is 5.65. The van der Waals surface area contributed by atoms with E-state index in [4.69, 9.17) is 9.84 Å². The van der Waals surface area contributed by atoms with E-state index in [1.165, 1.54) is 4.90 Å². The van der Waals surface area contributed by atoms with Gasteiger partial charge in [0.1, 0.15) is 0 Å². The lowest BCUT2D eigenvalue weighted by molar-refractivity contribution is 0.0278. The molecule has 0 atom stereocenters. The molecule has 5 heteroatoms. The average molecular weight is 230 g/mol. The van der Waals surface area contributed by atoms with Crippen molar-refractivity contribution in [3.63, 3.8) is 0 Å². The van der Waals surface area contributed by atoms with Crippen LogP contribution in [0.3, 0.4) is 0 Å². The summed E-state index contributed by atoms with van der Waals surface area (Å²) in [6, 6.07) is 0. The van der Waals surface area contributed by atoms with Crippen LogP contribution >= 0.6 is 0 Å². The minimum Gasteiger partial charge on any atom is -0.465 e. The Morgan fingerprint density at radius 2 is 1.94 bits per heavy atom. The number of rotatable bonds is 3. The van der Waals surface area contributed by atoms with E-state index in [-0.39, 0.29) is 5.54 Å². The van der Waals surface area contributed by atoms with Gasteiger partial charge in [-0.05, 0) is 20.8 Å². The van der Waals surface area contributed by atoms with Gasteiger partial charge in [-0.3, -0.25) is 4.90 Å². The number of nitrogens with zero attached hydrogens (tertiary/aromatic N) is 2. The quantitative estimate of drug-likeness (QED) is 0.788. The molecule has 0 aliphatic carbocycles. The summed E-state index contributed by atoms with van der Waals surface area (Å²) in [5, 5.41) is 9.12. The Balaban J connectivity index is 2.40. The maximum atomic E-state index is 11.1. The third-order valence-electron chi connectivity index (χ3n) is 2.78. The van der Waals surface area contributed by atoms with Crippen molar-refractivity contribution in [3.05, 3.63) is 0 Å². The van der Waals surface area contributed by atoms with E-state index in [0.717, 1.165) is 32.8 Å². The van der Waals surface area contributed by atoms with Crippen LogP contribution in [-0.4, -0.2) is 65.9 Å². The third-order valence-corrected chi connectivity index (χ3v) is 2.78. The predicted octanol–water partition coefficient (Wildman–Crippen LogP) is 1.10. The van der Waals surface area contributed by atoms with Gasteiger partial charge in [-0.15, -0.1) is 0 Å². The van der Waals surface area contributed by atoms with Crippen molar-refractivity contribution >= 4 is 6.09 Å². The second-order valence-electron chi connectivity index (χ2n) is 5.06. The molecular weight excluding hydrogens is 208 g/mol. The first-order chi connectivity index (χ1) is 7.41. The molecule has 1 aliphatic heterocycles. The van der Waals surface area contributed by atoms with Crippen LogP contribution in [0.4, 0.5) is 4.79 Å². The molecule has 16 heavy (non-hydrogen) atoms. The van der Waals surface area contributed by atoms with Crippen LogP contribution in [-0.2, 0) is 4.74 Å². The molecule has 5 nitrogen and oxygen atoms in total. The Hall–Kier alpha value is -0.810. The van der Waals surface area contributed by atoms with Crippen molar-refractivity contribution in [1.29, 1.82) is 0 Å². The SMILES string of the molecule is CC(C)(C)N(CCN1CCOCC1)C(=O)O. The fourth-order valence-corrected chi connectivity index (χ4v) is 1.78. The van der Waals surface area contributed by atoms with Crippen LogP contribution < -0.4 is 0 Å². The molecule has 1 fully saturated rings. The van der Waals surface area contributed by atoms with E-state index in [9.17, 15) is 4.79 Å². The lowest BCUT2D eigenvalue weighted by atomic mass is 10.1. The van der Waals surface area contributed by atoms with E-state index >= 15 is 0 Å². The topological polar surface area (TPSA) is 53.0 Å². The van der Waals surface area contributed by atoms with Crippen molar-refractivity contribution < 1.29 is 14.6 Å². The molecule has 1 heterocycles. The zero-order chi connectivity index (χ0) is 12.2. The summed E-state index contributed by atoms with van der Waals surface area (Å²) in [4.78, 5) is 14.8. The Morgan fingerprint density at radius 3 is 2.38 bits per heavy atom. The number of ether oxygens (including phenoxy) is 1. The van der Waals surface area contributed by atoms with Gasteiger partial charge < -0.3 is 14.7 Å². The average Bonchev–Trinajstić information content (AvgIpc) is 2.17. The minimum atomic E-state index is -0.847. The summed E-state index contributed by atoms with van der Waals surface area (Å²) < 4.78 is 5.25. The first kappa shape index (κ1) is 13.3. The van der Waals surface area contributed by atoms with Gasteiger partial charge in [0.15, 0.2) is 0 Å². The van der Waals surface area contributed by atoms with E-state index in [1.807, 2.05) is 20.8 Å². The normalized spacial score (nSPS) is 18.4. The minimum absolute atomic E-state index is 0.335. The maximum Gasteiger partial charge on any atom is 0.407 e. The number of morpholine rings is 1. The summed E-state index contributed by atoms with van der Waals surface area (Å²) in [5.41, 5.74) is -0.335. The Bertz CT molecular complexity index is 232. The molecule has 0 unspecified atom stereocenters. The molecule has 0 saturated carbocycles. The molecule has 0 radical (unpaired) electrons. The van der Waals surface area contributed by atoms with Crippen LogP contribution in [0.15, 0.2) is 0 Å². The lowest BCUT2D eigenvalue weighted by Gasteiger charge is -2.35. The van der Waals surface area contributed by atoms with Crippen molar-refractivity contribution in [1.82, 2.24) is 9.80 Å². The van der Waals surface area contributed by atoms with Crippen LogP contribution in [0.5, 0.6) is 0 Å². The number of carboxylic acid groups (broad SMARTS) is 1. The highest BCUT2D eigenvalue weighted by Gasteiger charge is 2.26. The Morgan fingerprint density at radius 1 is 1.38 bits per heavy atom. The highest BCUT2D eigenvalue weighted by atomic mass is 16.5. The van der Waals surface area contributed by atoms with Gasteiger partial charge in [-0.25, -0.2) is 4.79 Å². The van der Waals surface area contributed by atoms with E-state index in [0.29, 0.717) is 6.54 Å². The molecule has 1 saturated heterocycles. The first-order valence-electron chi connectivity index (χ1n) is 5.72. The zero-order valence-corrected chi connectivity index (χ0v) is 10.4. The Kier molecular flexibility index (Phi) is 4.56. The van der Waals surface area contributed by atoms with Gasteiger partial charge in [0.2, 0.25) is 0 Å². The van der Waals surface area contributed by atoms with Gasteiger partial charge >= 0.3 is 6.09 Å². The van der Waals surface area contributed by atoms with Gasteiger partial charge in [-0.1, -0.05) is 0 Å². The second kappa shape index (κ2) is 5.50. The largest absolute Gasteiger partial charge is 0.465 e. The predicted molar refractivity (Wildman–Crippen MR) is 61.7 cm³/mol. The van der Waals surface area contributed by atoms with Gasteiger partial charge in [-0.2, -0.15) is 0 Å². The first-order valence-corrected chi connectivity index (χ1v) is 5.72. The molecule has 0 spiro atoms. The fourth-order valence-electron chi connectivity index (χ4n) is 1.78. The lowest BCUT2D eigenvalue weighted by Crippen LogP contribution is -2.49. The van der Waals surface area contributed by atoms with Crippen molar-refractivity contribution in [3.8, 4) is 0 Å². The van der Waals surface area contributed by atoms with Gasteiger partial charge in [0.25, 0.3) is 0 Å².